The minimum Gasteiger partial charge on any atom is -0.310 e. The molecule has 1 aromatic rings. The van der Waals surface area contributed by atoms with Crippen molar-refractivity contribution < 1.29 is 8.78 Å². The summed E-state index contributed by atoms with van der Waals surface area (Å²) in [5, 5.41) is 3.30. The van der Waals surface area contributed by atoms with Crippen molar-refractivity contribution in [1.82, 2.24) is 5.32 Å². The van der Waals surface area contributed by atoms with E-state index in [0.717, 1.165) is 18.8 Å². The zero-order chi connectivity index (χ0) is 13.0. The summed E-state index contributed by atoms with van der Waals surface area (Å²) in [5.41, 5.74) is 0.162. The quantitative estimate of drug-likeness (QED) is 0.802. The van der Waals surface area contributed by atoms with Crippen molar-refractivity contribution in [2.24, 2.45) is 5.92 Å². The van der Waals surface area contributed by atoms with E-state index in [1.165, 1.54) is 37.5 Å². The third-order valence-corrected chi connectivity index (χ3v) is 3.89. The lowest BCUT2D eigenvalue weighted by Crippen LogP contribution is -2.28. The lowest BCUT2D eigenvalue weighted by atomic mass is 10.0. The fourth-order valence-electron chi connectivity index (χ4n) is 2.64. The van der Waals surface area contributed by atoms with Crippen LogP contribution in [0.4, 0.5) is 8.78 Å². The molecule has 1 aliphatic rings. The summed E-state index contributed by atoms with van der Waals surface area (Å²) in [6.45, 7) is 2.57. The molecule has 100 valence electrons. The van der Waals surface area contributed by atoms with Crippen LogP contribution in [0.5, 0.6) is 0 Å². The zero-order valence-electron chi connectivity index (χ0n) is 10.9. The van der Waals surface area contributed by atoms with Crippen molar-refractivity contribution in [3.05, 3.63) is 35.4 Å². The molecule has 0 aromatic heterocycles. The maximum absolute atomic E-state index is 13.5. The van der Waals surface area contributed by atoms with Gasteiger partial charge in [-0.25, -0.2) is 8.78 Å². The summed E-state index contributed by atoms with van der Waals surface area (Å²) in [6.07, 6.45) is 5.90. The van der Waals surface area contributed by atoms with Crippen molar-refractivity contribution >= 4 is 0 Å². The van der Waals surface area contributed by atoms with E-state index in [1.807, 2.05) is 0 Å². The van der Waals surface area contributed by atoms with Crippen LogP contribution in [0, 0.1) is 17.6 Å². The van der Waals surface area contributed by atoms with Crippen molar-refractivity contribution in [1.29, 1.82) is 0 Å². The van der Waals surface area contributed by atoms with Gasteiger partial charge in [-0.05, 0) is 37.3 Å². The molecule has 1 fully saturated rings. The van der Waals surface area contributed by atoms with Crippen molar-refractivity contribution in [2.75, 3.05) is 0 Å². The lowest BCUT2D eigenvalue weighted by Gasteiger charge is -2.17. The summed E-state index contributed by atoms with van der Waals surface area (Å²) < 4.78 is 26.9. The average Bonchev–Trinajstić information content (AvgIpc) is 2.54. The van der Waals surface area contributed by atoms with Gasteiger partial charge in [-0.1, -0.05) is 25.8 Å². The second kappa shape index (κ2) is 6.28. The maximum atomic E-state index is 13.5. The number of rotatable bonds is 3. The Labute approximate surface area is 108 Å². The Morgan fingerprint density at radius 3 is 2.56 bits per heavy atom. The standard InChI is InChI=1S/C15H21F2N/c1-11-4-2-5-12(9-8-11)18-10-13-14(16)6-3-7-15(13)17/h3,6-7,11-12,18H,2,4-5,8-10H2,1H3. The maximum Gasteiger partial charge on any atom is 0.130 e. The zero-order valence-corrected chi connectivity index (χ0v) is 10.9. The predicted molar refractivity (Wildman–Crippen MR) is 69.2 cm³/mol. The largest absolute Gasteiger partial charge is 0.310 e. The Hall–Kier alpha value is -0.960. The average molecular weight is 253 g/mol. The topological polar surface area (TPSA) is 12.0 Å². The molecule has 2 atom stereocenters. The van der Waals surface area contributed by atoms with Gasteiger partial charge in [0.2, 0.25) is 0 Å². The highest BCUT2D eigenvalue weighted by Crippen LogP contribution is 2.23. The molecular formula is C15H21F2N. The minimum absolute atomic E-state index is 0.162. The van der Waals surface area contributed by atoms with E-state index in [2.05, 4.69) is 12.2 Å². The highest BCUT2D eigenvalue weighted by molar-refractivity contribution is 5.19. The molecule has 0 bridgehead atoms. The number of hydrogen-bond acceptors (Lipinski definition) is 1. The first-order chi connectivity index (χ1) is 8.66. The van der Waals surface area contributed by atoms with Gasteiger partial charge in [0.15, 0.2) is 0 Å². The molecule has 2 rings (SSSR count). The molecule has 1 N–H and O–H groups in total. The first-order valence-electron chi connectivity index (χ1n) is 6.83. The predicted octanol–water partition coefficient (Wildman–Crippen LogP) is 4.02. The fourth-order valence-corrected chi connectivity index (χ4v) is 2.64. The third-order valence-electron chi connectivity index (χ3n) is 3.89. The van der Waals surface area contributed by atoms with Crippen LogP contribution in [-0.2, 0) is 6.54 Å². The van der Waals surface area contributed by atoms with Gasteiger partial charge in [0.1, 0.15) is 11.6 Å². The third kappa shape index (κ3) is 3.52. The van der Waals surface area contributed by atoms with Crippen LogP contribution in [0.1, 0.15) is 44.6 Å². The lowest BCUT2D eigenvalue weighted by molar-refractivity contribution is 0.434. The molecule has 1 aromatic carbocycles. The van der Waals surface area contributed by atoms with Gasteiger partial charge in [-0.2, -0.15) is 0 Å². The molecule has 0 aliphatic heterocycles. The molecule has 0 radical (unpaired) electrons. The Balaban J connectivity index is 1.91. The van der Waals surface area contributed by atoms with E-state index in [0.29, 0.717) is 6.04 Å². The van der Waals surface area contributed by atoms with Gasteiger partial charge in [-0.3, -0.25) is 0 Å². The normalized spacial score (nSPS) is 24.8. The first-order valence-corrected chi connectivity index (χ1v) is 6.83. The molecule has 1 aliphatic carbocycles. The number of benzene rings is 1. The van der Waals surface area contributed by atoms with Gasteiger partial charge in [0.05, 0.1) is 0 Å². The van der Waals surface area contributed by atoms with Gasteiger partial charge in [0.25, 0.3) is 0 Å². The number of hydrogen-bond donors (Lipinski definition) is 1. The number of halogens is 2. The number of nitrogens with one attached hydrogen (secondary N) is 1. The van der Waals surface area contributed by atoms with Crippen LogP contribution in [0.2, 0.25) is 0 Å². The Morgan fingerprint density at radius 1 is 1.11 bits per heavy atom. The summed E-state index contributed by atoms with van der Waals surface area (Å²) in [4.78, 5) is 0. The van der Waals surface area contributed by atoms with Gasteiger partial charge in [0, 0.05) is 18.2 Å². The summed E-state index contributed by atoms with van der Waals surface area (Å²) in [6, 6.07) is 4.43. The highest BCUT2D eigenvalue weighted by Gasteiger charge is 2.17. The van der Waals surface area contributed by atoms with E-state index < -0.39 is 11.6 Å². The second-order valence-electron chi connectivity index (χ2n) is 5.39. The van der Waals surface area contributed by atoms with Crippen LogP contribution >= 0.6 is 0 Å². The van der Waals surface area contributed by atoms with E-state index in [4.69, 9.17) is 0 Å². The smallest absolute Gasteiger partial charge is 0.130 e. The van der Waals surface area contributed by atoms with Crippen LogP contribution < -0.4 is 5.32 Å². The Kier molecular flexibility index (Phi) is 4.70. The van der Waals surface area contributed by atoms with Crippen molar-refractivity contribution in [3.63, 3.8) is 0 Å². The first kappa shape index (κ1) is 13.5. The van der Waals surface area contributed by atoms with E-state index >= 15 is 0 Å². The molecule has 3 heteroatoms. The molecule has 2 unspecified atom stereocenters. The molecule has 0 spiro atoms. The minimum atomic E-state index is -0.454. The van der Waals surface area contributed by atoms with Crippen molar-refractivity contribution in [2.45, 2.75) is 51.6 Å². The van der Waals surface area contributed by atoms with Crippen LogP contribution in [-0.4, -0.2) is 6.04 Å². The van der Waals surface area contributed by atoms with Gasteiger partial charge >= 0.3 is 0 Å². The molecule has 18 heavy (non-hydrogen) atoms. The van der Waals surface area contributed by atoms with Crippen molar-refractivity contribution in [3.8, 4) is 0 Å². The van der Waals surface area contributed by atoms with Gasteiger partial charge < -0.3 is 5.32 Å². The molecule has 0 amide bonds. The Bertz CT molecular complexity index is 372. The second-order valence-corrected chi connectivity index (χ2v) is 5.39. The van der Waals surface area contributed by atoms with Crippen LogP contribution in [0.3, 0.4) is 0 Å². The summed E-state index contributed by atoms with van der Waals surface area (Å²) in [5.74, 6) is -0.129. The van der Waals surface area contributed by atoms with Gasteiger partial charge in [-0.15, -0.1) is 0 Å². The highest BCUT2D eigenvalue weighted by atomic mass is 19.1. The Morgan fingerprint density at radius 2 is 1.83 bits per heavy atom. The van der Waals surface area contributed by atoms with Crippen LogP contribution in [0.15, 0.2) is 18.2 Å². The van der Waals surface area contributed by atoms with E-state index in [-0.39, 0.29) is 12.1 Å². The fraction of sp³-hybridized carbons (Fsp3) is 0.600. The molecule has 1 nitrogen and oxygen atoms in total. The SMILES string of the molecule is CC1CCCC(NCc2c(F)cccc2F)CC1. The van der Waals surface area contributed by atoms with E-state index in [9.17, 15) is 8.78 Å². The molecular weight excluding hydrogens is 232 g/mol. The summed E-state index contributed by atoms with van der Waals surface area (Å²) in [7, 11) is 0. The molecule has 1 saturated carbocycles. The summed E-state index contributed by atoms with van der Waals surface area (Å²) >= 11 is 0. The van der Waals surface area contributed by atoms with Crippen LogP contribution in [0.25, 0.3) is 0 Å². The monoisotopic (exact) mass is 253 g/mol. The molecule has 0 heterocycles. The molecule has 0 saturated heterocycles. The van der Waals surface area contributed by atoms with E-state index in [1.54, 1.807) is 0 Å².